The summed E-state index contributed by atoms with van der Waals surface area (Å²) >= 11 is 0. The number of nitriles is 1. The van der Waals surface area contributed by atoms with Crippen molar-refractivity contribution < 1.29 is 0 Å². The van der Waals surface area contributed by atoms with Crippen molar-refractivity contribution in [2.45, 2.75) is 20.3 Å². The molecule has 0 aliphatic carbocycles. The van der Waals surface area contributed by atoms with Gasteiger partial charge in [0.05, 0.1) is 0 Å². The van der Waals surface area contributed by atoms with Gasteiger partial charge in [-0.3, -0.25) is 0 Å². The highest BCUT2D eigenvalue weighted by Crippen LogP contribution is 2.10. The van der Waals surface area contributed by atoms with E-state index in [-0.39, 0.29) is 0 Å². The van der Waals surface area contributed by atoms with Crippen molar-refractivity contribution in [3.63, 3.8) is 0 Å². The van der Waals surface area contributed by atoms with Gasteiger partial charge in [-0.05, 0) is 6.92 Å². The fraction of sp³-hybridized carbons (Fsp3) is 0.500. The van der Waals surface area contributed by atoms with Crippen molar-refractivity contribution in [1.82, 2.24) is 9.97 Å². The molecule has 1 heterocycles. The Morgan fingerprint density at radius 3 is 2.64 bits per heavy atom. The molecule has 4 heteroatoms. The van der Waals surface area contributed by atoms with E-state index >= 15 is 0 Å². The summed E-state index contributed by atoms with van der Waals surface area (Å²) in [7, 11) is 1.95. The number of hydrogen-bond donors (Lipinski definition) is 0. The first-order valence-corrected chi connectivity index (χ1v) is 4.70. The third kappa shape index (κ3) is 2.19. The van der Waals surface area contributed by atoms with Crippen molar-refractivity contribution in [3.05, 3.63) is 17.6 Å². The first kappa shape index (κ1) is 10.5. The Balaban J connectivity index is 3.12. The molecule has 0 atom stereocenters. The number of hydrogen-bond acceptors (Lipinski definition) is 4. The lowest BCUT2D eigenvalue weighted by atomic mass is 10.3. The van der Waals surface area contributed by atoms with Crippen LogP contribution in [-0.2, 0) is 6.42 Å². The number of aromatic nitrogens is 2. The van der Waals surface area contributed by atoms with Crippen LogP contribution in [0.5, 0.6) is 0 Å². The number of aryl methyl sites for hydroxylation is 1. The fourth-order valence-electron chi connectivity index (χ4n) is 1.06. The molecule has 0 radical (unpaired) electrons. The molecule has 0 N–H and O–H groups in total. The lowest BCUT2D eigenvalue weighted by molar-refractivity contribution is 0.875. The minimum absolute atomic E-state index is 0.437. The average Bonchev–Trinajstić information content (AvgIpc) is 2.27. The van der Waals surface area contributed by atoms with Crippen molar-refractivity contribution in [2.75, 3.05) is 18.5 Å². The molecule has 0 unspecified atom stereocenters. The van der Waals surface area contributed by atoms with Crippen LogP contribution in [0.1, 0.15) is 25.4 Å². The van der Waals surface area contributed by atoms with Gasteiger partial charge in [0.15, 0.2) is 0 Å². The van der Waals surface area contributed by atoms with Gasteiger partial charge in [-0.2, -0.15) is 5.26 Å². The van der Waals surface area contributed by atoms with Crippen LogP contribution >= 0.6 is 0 Å². The maximum Gasteiger partial charge on any atom is 0.146 e. The number of nitrogens with zero attached hydrogens (tertiary/aromatic N) is 4. The Hall–Kier alpha value is -1.63. The molecule has 0 saturated carbocycles. The van der Waals surface area contributed by atoms with Gasteiger partial charge < -0.3 is 4.90 Å². The average molecular weight is 190 g/mol. The maximum atomic E-state index is 8.78. The van der Waals surface area contributed by atoms with Crippen LogP contribution in [0.3, 0.4) is 0 Å². The van der Waals surface area contributed by atoms with Crippen LogP contribution in [-0.4, -0.2) is 23.6 Å². The van der Waals surface area contributed by atoms with Gasteiger partial charge in [0, 0.05) is 26.1 Å². The molecule has 0 spiro atoms. The molecule has 0 aliphatic rings. The summed E-state index contributed by atoms with van der Waals surface area (Å²) in [4.78, 5) is 10.4. The van der Waals surface area contributed by atoms with E-state index in [9.17, 15) is 0 Å². The number of rotatable bonds is 3. The minimum Gasteiger partial charge on any atom is -0.360 e. The van der Waals surface area contributed by atoms with Gasteiger partial charge in [-0.25, -0.2) is 9.97 Å². The zero-order chi connectivity index (χ0) is 10.6. The van der Waals surface area contributed by atoms with E-state index in [0.717, 1.165) is 24.6 Å². The first-order chi connectivity index (χ1) is 6.71. The van der Waals surface area contributed by atoms with Gasteiger partial charge in [0.1, 0.15) is 23.4 Å². The van der Waals surface area contributed by atoms with E-state index in [2.05, 4.69) is 9.97 Å². The SMILES string of the molecule is CCc1nc(C#N)cc(N(C)CC)n1. The summed E-state index contributed by atoms with van der Waals surface area (Å²) in [5.74, 6) is 1.54. The predicted octanol–water partition coefficient (Wildman–Crippen LogP) is 1.37. The first-order valence-electron chi connectivity index (χ1n) is 4.70. The highest BCUT2D eigenvalue weighted by molar-refractivity contribution is 5.41. The van der Waals surface area contributed by atoms with Crippen LogP contribution < -0.4 is 4.90 Å². The molecule has 0 fully saturated rings. The summed E-state index contributed by atoms with van der Waals surface area (Å²) in [6.45, 7) is 4.89. The second-order valence-electron chi connectivity index (χ2n) is 3.01. The van der Waals surface area contributed by atoms with Crippen molar-refractivity contribution in [2.24, 2.45) is 0 Å². The largest absolute Gasteiger partial charge is 0.360 e. The standard InChI is InChI=1S/C10H14N4/c1-4-9-12-8(7-11)6-10(13-9)14(3)5-2/h6H,4-5H2,1-3H3. The molecule has 4 nitrogen and oxygen atoms in total. The Morgan fingerprint density at radius 2 is 2.14 bits per heavy atom. The summed E-state index contributed by atoms with van der Waals surface area (Å²) < 4.78 is 0. The summed E-state index contributed by atoms with van der Waals surface area (Å²) in [6.07, 6.45) is 0.750. The molecule has 0 amide bonds. The third-order valence-corrected chi connectivity index (χ3v) is 2.06. The Labute approximate surface area is 84.2 Å². The van der Waals surface area contributed by atoms with Crippen molar-refractivity contribution in [1.29, 1.82) is 5.26 Å². The fourth-order valence-corrected chi connectivity index (χ4v) is 1.06. The zero-order valence-corrected chi connectivity index (χ0v) is 8.78. The maximum absolute atomic E-state index is 8.78. The minimum atomic E-state index is 0.437. The normalized spacial score (nSPS) is 9.57. The Morgan fingerprint density at radius 1 is 1.43 bits per heavy atom. The molecule has 0 saturated heterocycles. The van der Waals surface area contributed by atoms with E-state index in [0.29, 0.717) is 5.69 Å². The van der Waals surface area contributed by atoms with Gasteiger partial charge in [-0.15, -0.1) is 0 Å². The lowest BCUT2D eigenvalue weighted by Crippen LogP contribution is -2.18. The molecule has 1 aromatic heterocycles. The van der Waals surface area contributed by atoms with Crippen molar-refractivity contribution in [3.8, 4) is 6.07 Å². The molecular weight excluding hydrogens is 176 g/mol. The monoisotopic (exact) mass is 190 g/mol. The van der Waals surface area contributed by atoms with Crippen LogP contribution in [0.4, 0.5) is 5.82 Å². The topological polar surface area (TPSA) is 52.8 Å². The van der Waals surface area contributed by atoms with Crippen molar-refractivity contribution >= 4 is 5.82 Å². The van der Waals surface area contributed by atoms with Crippen LogP contribution in [0.15, 0.2) is 6.07 Å². The molecule has 0 aliphatic heterocycles. The third-order valence-electron chi connectivity index (χ3n) is 2.06. The highest BCUT2D eigenvalue weighted by Gasteiger charge is 2.05. The van der Waals surface area contributed by atoms with E-state index in [1.54, 1.807) is 6.07 Å². The summed E-state index contributed by atoms with van der Waals surface area (Å²) in [6, 6.07) is 3.75. The molecule has 1 rings (SSSR count). The highest BCUT2D eigenvalue weighted by atomic mass is 15.2. The van der Waals surface area contributed by atoms with E-state index < -0.39 is 0 Å². The molecule has 74 valence electrons. The van der Waals surface area contributed by atoms with Gasteiger partial charge >= 0.3 is 0 Å². The summed E-state index contributed by atoms with van der Waals surface area (Å²) in [5.41, 5.74) is 0.437. The summed E-state index contributed by atoms with van der Waals surface area (Å²) in [5, 5.41) is 8.78. The van der Waals surface area contributed by atoms with E-state index in [1.165, 1.54) is 0 Å². The zero-order valence-electron chi connectivity index (χ0n) is 8.78. The van der Waals surface area contributed by atoms with E-state index in [1.807, 2.05) is 31.9 Å². The Bertz CT molecular complexity index is 354. The van der Waals surface area contributed by atoms with Gasteiger partial charge in [-0.1, -0.05) is 6.92 Å². The predicted molar refractivity (Wildman–Crippen MR) is 55.1 cm³/mol. The van der Waals surface area contributed by atoms with Gasteiger partial charge in [0.25, 0.3) is 0 Å². The smallest absolute Gasteiger partial charge is 0.146 e. The van der Waals surface area contributed by atoms with Crippen LogP contribution in [0.2, 0.25) is 0 Å². The van der Waals surface area contributed by atoms with Crippen LogP contribution in [0, 0.1) is 11.3 Å². The number of anilines is 1. The molecule has 0 bridgehead atoms. The van der Waals surface area contributed by atoms with E-state index in [4.69, 9.17) is 5.26 Å². The van der Waals surface area contributed by atoms with Gasteiger partial charge in [0.2, 0.25) is 0 Å². The van der Waals surface area contributed by atoms with Crippen LogP contribution in [0.25, 0.3) is 0 Å². The lowest BCUT2D eigenvalue weighted by Gasteiger charge is -2.15. The second-order valence-corrected chi connectivity index (χ2v) is 3.01. The molecular formula is C10H14N4. The molecule has 0 aromatic carbocycles. The second kappa shape index (κ2) is 4.56. The Kier molecular flexibility index (Phi) is 3.41. The quantitative estimate of drug-likeness (QED) is 0.722. The molecule has 1 aromatic rings. The molecule has 14 heavy (non-hydrogen) atoms.